The van der Waals surface area contributed by atoms with Gasteiger partial charge in [-0.1, -0.05) is 13.8 Å². The van der Waals surface area contributed by atoms with Crippen LogP contribution in [0.25, 0.3) is 0 Å². The molecule has 1 heterocycles. The highest BCUT2D eigenvalue weighted by molar-refractivity contribution is 7.11. The van der Waals surface area contributed by atoms with E-state index in [9.17, 15) is 9.59 Å². The van der Waals surface area contributed by atoms with Gasteiger partial charge in [-0.15, -0.1) is 23.7 Å². The molecule has 1 aromatic rings. The Labute approximate surface area is 129 Å². The highest BCUT2D eigenvalue weighted by Crippen LogP contribution is 2.14. The van der Waals surface area contributed by atoms with Gasteiger partial charge in [0, 0.05) is 9.75 Å². The van der Waals surface area contributed by atoms with Gasteiger partial charge in [-0.05, 0) is 25.0 Å². The van der Waals surface area contributed by atoms with Crippen molar-refractivity contribution >= 4 is 35.6 Å². The van der Waals surface area contributed by atoms with Gasteiger partial charge in [-0.25, -0.2) is 0 Å². The maximum atomic E-state index is 11.6. The van der Waals surface area contributed by atoms with Crippen LogP contribution in [0.2, 0.25) is 0 Å². The molecular formula is C13H22ClN3O2S. The molecule has 0 spiro atoms. The Balaban J connectivity index is 0.00000361. The number of thiophene rings is 1. The van der Waals surface area contributed by atoms with Crippen LogP contribution in [0.4, 0.5) is 0 Å². The minimum Gasteiger partial charge on any atom is -0.350 e. The predicted octanol–water partition coefficient (Wildman–Crippen LogP) is 1.19. The summed E-state index contributed by atoms with van der Waals surface area (Å²) in [6.45, 7) is 6.20. The van der Waals surface area contributed by atoms with Gasteiger partial charge >= 0.3 is 0 Å². The number of hydrogen-bond acceptors (Lipinski definition) is 4. The van der Waals surface area contributed by atoms with Crippen molar-refractivity contribution in [1.29, 1.82) is 0 Å². The van der Waals surface area contributed by atoms with Crippen LogP contribution in [-0.4, -0.2) is 24.4 Å². The molecule has 1 aromatic heterocycles. The zero-order valence-corrected chi connectivity index (χ0v) is 13.6. The lowest BCUT2D eigenvalue weighted by atomic mass is 10.1. The molecule has 0 saturated heterocycles. The SMILES string of the molecule is Cc1ccc(CNC(=O)CNC(=O)[C@@H](N)C(C)C)s1.Cl. The molecule has 20 heavy (non-hydrogen) atoms. The van der Waals surface area contributed by atoms with E-state index in [1.165, 1.54) is 4.88 Å². The van der Waals surface area contributed by atoms with Crippen LogP contribution >= 0.6 is 23.7 Å². The smallest absolute Gasteiger partial charge is 0.239 e. The van der Waals surface area contributed by atoms with E-state index in [0.717, 1.165) is 4.88 Å². The van der Waals surface area contributed by atoms with Crippen molar-refractivity contribution in [3.05, 3.63) is 21.9 Å². The summed E-state index contributed by atoms with van der Waals surface area (Å²) in [7, 11) is 0. The van der Waals surface area contributed by atoms with Crippen molar-refractivity contribution in [1.82, 2.24) is 10.6 Å². The lowest BCUT2D eigenvalue weighted by Crippen LogP contribution is -2.47. The molecule has 2 amide bonds. The molecule has 0 aliphatic rings. The highest BCUT2D eigenvalue weighted by Gasteiger charge is 2.17. The standard InChI is InChI=1S/C13H21N3O2S.ClH/c1-8(2)12(14)13(18)16-7-11(17)15-6-10-5-4-9(3)19-10;/h4-5,8,12H,6-7,14H2,1-3H3,(H,15,17)(H,16,18);1H/t12-;/m0./s1. The summed E-state index contributed by atoms with van der Waals surface area (Å²) in [5.41, 5.74) is 5.67. The lowest BCUT2D eigenvalue weighted by molar-refractivity contribution is -0.127. The maximum Gasteiger partial charge on any atom is 0.239 e. The Bertz CT molecular complexity index is 449. The second-order valence-electron chi connectivity index (χ2n) is 4.78. The second-order valence-corrected chi connectivity index (χ2v) is 6.15. The van der Waals surface area contributed by atoms with Gasteiger partial charge in [0.25, 0.3) is 0 Å². The fourth-order valence-corrected chi connectivity index (χ4v) is 2.25. The molecule has 7 heteroatoms. The molecule has 0 aromatic carbocycles. The molecule has 4 N–H and O–H groups in total. The van der Waals surface area contributed by atoms with Gasteiger partial charge < -0.3 is 16.4 Å². The number of rotatable bonds is 6. The number of carbonyl (C=O) groups is 2. The Hall–Kier alpha value is -1.11. The highest BCUT2D eigenvalue weighted by atomic mass is 35.5. The first kappa shape index (κ1) is 18.9. The van der Waals surface area contributed by atoms with Gasteiger partial charge in [0.1, 0.15) is 0 Å². The zero-order valence-electron chi connectivity index (χ0n) is 11.9. The molecule has 1 atom stereocenters. The van der Waals surface area contributed by atoms with Gasteiger partial charge in [0.15, 0.2) is 0 Å². The third kappa shape index (κ3) is 6.36. The topological polar surface area (TPSA) is 84.2 Å². The summed E-state index contributed by atoms with van der Waals surface area (Å²) in [5, 5.41) is 5.28. The molecule has 0 radical (unpaired) electrons. The van der Waals surface area contributed by atoms with Crippen molar-refractivity contribution in [3.8, 4) is 0 Å². The van der Waals surface area contributed by atoms with Crippen LogP contribution in [0.1, 0.15) is 23.6 Å². The van der Waals surface area contributed by atoms with E-state index in [1.54, 1.807) is 11.3 Å². The Kier molecular flexibility index (Phi) is 8.45. The first-order valence-corrected chi connectivity index (χ1v) is 7.07. The van der Waals surface area contributed by atoms with E-state index >= 15 is 0 Å². The van der Waals surface area contributed by atoms with E-state index < -0.39 is 6.04 Å². The van der Waals surface area contributed by atoms with Crippen LogP contribution in [0.3, 0.4) is 0 Å². The minimum atomic E-state index is -0.576. The molecule has 0 aliphatic carbocycles. The number of hydrogen-bond donors (Lipinski definition) is 3. The number of halogens is 1. The maximum absolute atomic E-state index is 11.6. The summed E-state index contributed by atoms with van der Waals surface area (Å²) < 4.78 is 0. The van der Waals surface area contributed by atoms with Crippen LogP contribution in [-0.2, 0) is 16.1 Å². The van der Waals surface area contributed by atoms with Gasteiger partial charge in [-0.2, -0.15) is 0 Å². The Morgan fingerprint density at radius 3 is 2.45 bits per heavy atom. The molecule has 0 aliphatic heterocycles. The average molecular weight is 320 g/mol. The van der Waals surface area contributed by atoms with Crippen LogP contribution in [0.15, 0.2) is 12.1 Å². The van der Waals surface area contributed by atoms with E-state index in [-0.39, 0.29) is 36.7 Å². The van der Waals surface area contributed by atoms with E-state index in [4.69, 9.17) is 5.73 Å². The van der Waals surface area contributed by atoms with Crippen molar-refractivity contribution in [2.24, 2.45) is 11.7 Å². The van der Waals surface area contributed by atoms with E-state index in [0.29, 0.717) is 6.54 Å². The largest absolute Gasteiger partial charge is 0.350 e. The summed E-state index contributed by atoms with van der Waals surface area (Å²) in [4.78, 5) is 25.4. The fourth-order valence-electron chi connectivity index (χ4n) is 1.42. The molecule has 0 saturated carbocycles. The Morgan fingerprint density at radius 2 is 1.95 bits per heavy atom. The van der Waals surface area contributed by atoms with Crippen molar-refractivity contribution in [2.75, 3.05) is 6.54 Å². The summed E-state index contributed by atoms with van der Waals surface area (Å²) in [6.07, 6.45) is 0. The molecule has 1 rings (SSSR count). The minimum absolute atomic E-state index is 0. The summed E-state index contributed by atoms with van der Waals surface area (Å²) >= 11 is 1.64. The van der Waals surface area contributed by atoms with E-state index in [1.807, 2.05) is 32.9 Å². The third-order valence-electron chi connectivity index (χ3n) is 2.70. The fraction of sp³-hybridized carbons (Fsp3) is 0.538. The number of aryl methyl sites for hydroxylation is 1. The monoisotopic (exact) mass is 319 g/mol. The third-order valence-corrected chi connectivity index (χ3v) is 3.70. The van der Waals surface area contributed by atoms with Crippen LogP contribution in [0.5, 0.6) is 0 Å². The second kappa shape index (κ2) is 8.94. The van der Waals surface area contributed by atoms with Gasteiger partial charge in [-0.3, -0.25) is 9.59 Å². The number of carbonyl (C=O) groups excluding carboxylic acids is 2. The summed E-state index contributed by atoms with van der Waals surface area (Å²) in [5.74, 6) is -0.454. The zero-order chi connectivity index (χ0) is 14.4. The summed E-state index contributed by atoms with van der Waals surface area (Å²) in [6, 6.07) is 3.41. The quantitative estimate of drug-likeness (QED) is 0.736. The first-order valence-electron chi connectivity index (χ1n) is 6.25. The Morgan fingerprint density at radius 1 is 1.30 bits per heavy atom. The molecule has 114 valence electrons. The normalized spacial score (nSPS) is 11.7. The molecule has 5 nitrogen and oxygen atoms in total. The van der Waals surface area contributed by atoms with Crippen LogP contribution in [0, 0.1) is 12.8 Å². The predicted molar refractivity (Wildman–Crippen MR) is 84.0 cm³/mol. The van der Waals surface area contributed by atoms with Crippen LogP contribution < -0.4 is 16.4 Å². The molecular weight excluding hydrogens is 298 g/mol. The van der Waals surface area contributed by atoms with Gasteiger partial charge in [0.05, 0.1) is 19.1 Å². The van der Waals surface area contributed by atoms with E-state index in [2.05, 4.69) is 10.6 Å². The van der Waals surface area contributed by atoms with Crippen molar-refractivity contribution in [2.45, 2.75) is 33.4 Å². The van der Waals surface area contributed by atoms with Crippen molar-refractivity contribution < 1.29 is 9.59 Å². The molecule has 0 unspecified atom stereocenters. The first-order chi connectivity index (χ1) is 8.90. The number of amides is 2. The van der Waals surface area contributed by atoms with Crippen molar-refractivity contribution in [3.63, 3.8) is 0 Å². The number of nitrogens with one attached hydrogen (secondary N) is 2. The molecule has 0 bridgehead atoms. The lowest BCUT2D eigenvalue weighted by Gasteiger charge is -2.15. The van der Waals surface area contributed by atoms with Gasteiger partial charge in [0.2, 0.25) is 11.8 Å². The average Bonchev–Trinajstić information content (AvgIpc) is 2.78. The number of nitrogens with two attached hydrogens (primary N) is 1. The molecule has 0 fully saturated rings.